The SMILES string of the molecule is Cc1c(Cl)cccc1N1C(=O)CC(c2cccc([N+](=O)[O-])c2)C2=C1CCCC2=O. The molecule has 4 rings (SSSR count). The zero-order chi connectivity index (χ0) is 20.7. The fourth-order valence-electron chi connectivity index (χ4n) is 4.25. The van der Waals surface area contributed by atoms with E-state index >= 15 is 0 Å². The number of amides is 1. The summed E-state index contributed by atoms with van der Waals surface area (Å²) in [5.41, 5.74) is 3.32. The van der Waals surface area contributed by atoms with Gasteiger partial charge >= 0.3 is 0 Å². The molecule has 1 atom stereocenters. The molecule has 0 saturated carbocycles. The molecule has 0 saturated heterocycles. The average molecular weight is 411 g/mol. The molecule has 1 unspecified atom stereocenters. The van der Waals surface area contributed by atoms with E-state index in [9.17, 15) is 19.7 Å². The highest BCUT2D eigenvalue weighted by Crippen LogP contribution is 2.44. The van der Waals surface area contributed by atoms with Crippen molar-refractivity contribution >= 4 is 34.7 Å². The number of hydrogen-bond donors (Lipinski definition) is 0. The molecule has 0 bridgehead atoms. The van der Waals surface area contributed by atoms with Crippen molar-refractivity contribution in [2.45, 2.75) is 38.5 Å². The smallest absolute Gasteiger partial charge is 0.269 e. The highest BCUT2D eigenvalue weighted by atomic mass is 35.5. The zero-order valence-electron chi connectivity index (χ0n) is 15.9. The van der Waals surface area contributed by atoms with Crippen molar-refractivity contribution in [3.05, 3.63) is 80.0 Å². The van der Waals surface area contributed by atoms with Crippen LogP contribution in [-0.4, -0.2) is 16.6 Å². The van der Waals surface area contributed by atoms with Crippen LogP contribution in [0.1, 0.15) is 42.7 Å². The van der Waals surface area contributed by atoms with Crippen molar-refractivity contribution in [3.8, 4) is 0 Å². The molecule has 7 heteroatoms. The standard InChI is InChI=1S/C22H19ClN2O4/c1-13-17(23)7-3-8-18(13)24-19-9-4-10-20(26)22(19)16(12-21(24)27)14-5-2-6-15(11-14)25(28)29/h2-3,5-8,11,16H,4,9-10,12H2,1H3. The number of anilines is 1. The topological polar surface area (TPSA) is 80.5 Å². The molecule has 0 spiro atoms. The lowest BCUT2D eigenvalue weighted by Gasteiger charge is -2.39. The summed E-state index contributed by atoms with van der Waals surface area (Å²) in [6.45, 7) is 1.85. The van der Waals surface area contributed by atoms with E-state index in [1.165, 1.54) is 12.1 Å². The summed E-state index contributed by atoms with van der Waals surface area (Å²) in [7, 11) is 0. The summed E-state index contributed by atoms with van der Waals surface area (Å²) in [6.07, 6.45) is 1.77. The van der Waals surface area contributed by atoms with E-state index in [2.05, 4.69) is 0 Å². The number of hydrogen-bond acceptors (Lipinski definition) is 4. The fraction of sp³-hybridized carbons (Fsp3) is 0.273. The second-order valence-corrected chi connectivity index (χ2v) is 7.77. The second kappa shape index (κ2) is 7.44. The van der Waals surface area contributed by atoms with Crippen LogP contribution in [0.15, 0.2) is 53.7 Å². The Morgan fingerprint density at radius 3 is 2.66 bits per heavy atom. The number of nitro benzene ring substituents is 1. The van der Waals surface area contributed by atoms with Crippen LogP contribution in [0, 0.1) is 17.0 Å². The minimum Gasteiger partial charge on any atom is -0.294 e. The molecular weight excluding hydrogens is 392 g/mol. The predicted molar refractivity (Wildman–Crippen MR) is 110 cm³/mol. The van der Waals surface area contributed by atoms with E-state index in [0.29, 0.717) is 46.8 Å². The normalized spacial score (nSPS) is 19.4. The molecule has 1 heterocycles. The van der Waals surface area contributed by atoms with Gasteiger partial charge in [-0.3, -0.25) is 24.6 Å². The lowest BCUT2D eigenvalue weighted by atomic mass is 9.77. The number of Topliss-reactive ketones (excluding diaryl/α,β-unsaturated/α-hetero) is 1. The third kappa shape index (κ3) is 3.34. The molecule has 0 aromatic heterocycles. The first-order chi connectivity index (χ1) is 13.9. The number of allylic oxidation sites excluding steroid dienone is 2. The minimum absolute atomic E-state index is 0.0000581. The lowest BCUT2D eigenvalue weighted by molar-refractivity contribution is -0.384. The Morgan fingerprint density at radius 1 is 1.14 bits per heavy atom. The maximum Gasteiger partial charge on any atom is 0.269 e. The van der Waals surface area contributed by atoms with Crippen molar-refractivity contribution in [2.24, 2.45) is 0 Å². The Bertz CT molecular complexity index is 1080. The Labute approximate surface area is 172 Å². The van der Waals surface area contributed by atoms with E-state index in [1.807, 2.05) is 13.0 Å². The zero-order valence-corrected chi connectivity index (χ0v) is 16.6. The summed E-state index contributed by atoms with van der Waals surface area (Å²) in [5.74, 6) is -0.610. The highest BCUT2D eigenvalue weighted by Gasteiger charge is 2.40. The van der Waals surface area contributed by atoms with Gasteiger partial charge < -0.3 is 0 Å². The summed E-state index contributed by atoms with van der Waals surface area (Å²) in [5, 5.41) is 11.7. The van der Waals surface area contributed by atoms with Gasteiger partial charge in [-0.15, -0.1) is 0 Å². The second-order valence-electron chi connectivity index (χ2n) is 7.36. The Morgan fingerprint density at radius 2 is 1.90 bits per heavy atom. The summed E-state index contributed by atoms with van der Waals surface area (Å²) < 4.78 is 0. The number of carbonyl (C=O) groups is 2. The number of benzene rings is 2. The number of carbonyl (C=O) groups excluding carboxylic acids is 2. The van der Waals surface area contributed by atoms with Crippen LogP contribution in [0.5, 0.6) is 0 Å². The van der Waals surface area contributed by atoms with Gasteiger partial charge in [-0.05, 0) is 43.0 Å². The molecule has 1 aliphatic carbocycles. The summed E-state index contributed by atoms with van der Waals surface area (Å²) >= 11 is 6.27. The third-order valence-corrected chi connectivity index (χ3v) is 6.05. The van der Waals surface area contributed by atoms with E-state index in [4.69, 9.17) is 11.6 Å². The highest BCUT2D eigenvalue weighted by molar-refractivity contribution is 6.31. The van der Waals surface area contributed by atoms with Crippen LogP contribution in [0.25, 0.3) is 0 Å². The van der Waals surface area contributed by atoms with Gasteiger partial charge in [0, 0.05) is 47.2 Å². The molecule has 1 amide bonds. The van der Waals surface area contributed by atoms with E-state index in [0.717, 1.165) is 5.56 Å². The molecule has 2 aromatic rings. The Kier molecular flexibility index (Phi) is 4.96. The molecule has 29 heavy (non-hydrogen) atoms. The number of nitro groups is 1. The number of nitrogens with zero attached hydrogens (tertiary/aromatic N) is 2. The first-order valence-electron chi connectivity index (χ1n) is 9.47. The molecule has 6 nitrogen and oxygen atoms in total. The number of non-ortho nitro benzene ring substituents is 1. The maximum atomic E-state index is 13.2. The van der Waals surface area contributed by atoms with Gasteiger partial charge in [-0.2, -0.15) is 0 Å². The molecule has 0 fully saturated rings. The van der Waals surface area contributed by atoms with Gasteiger partial charge in [0.05, 0.1) is 10.6 Å². The maximum absolute atomic E-state index is 13.2. The fourth-order valence-corrected chi connectivity index (χ4v) is 4.42. The third-order valence-electron chi connectivity index (χ3n) is 5.64. The van der Waals surface area contributed by atoms with Crippen LogP contribution < -0.4 is 4.90 Å². The van der Waals surface area contributed by atoms with Crippen molar-refractivity contribution in [3.63, 3.8) is 0 Å². The summed E-state index contributed by atoms with van der Waals surface area (Å²) in [4.78, 5) is 38.5. The molecule has 1 aliphatic heterocycles. The average Bonchev–Trinajstić information content (AvgIpc) is 2.70. The quantitative estimate of drug-likeness (QED) is 0.521. The molecule has 0 radical (unpaired) electrons. The first kappa shape index (κ1) is 19.3. The van der Waals surface area contributed by atoms with Gasteiger partial charge in [0.15, 0.2) is 5.78 Å². The van der Waals surface area contributed by atoms with Crippen LogP contribution in [0.3, 0.4) is 0 Å². The van der Waals surface area contributed by atoms with Gasteiger partial charge in [-0.25, -0.2) is 0 Å². The molecule has 0 N–H and O–H groups in total. The number of rotatable bonds is 3. The van der Waals surface area contributed by atoms with Crippen LogP contribution in [0.4, 0.5) is 11.4 Å². The van der Waals surface area contributed by atoms with Gasteiger partial charge in [0.25, 0.3) is 5.69 Å². The van der Waals surface area contributed by atoms with Crippen molar-refractivity contribution in [1.82, 2.24) is 0 Å². The van der Waals surface area contributed by atoms with E-state index in [1.54, 1.807) is 29.2 Å². The van der Waals surface area contributed by atoms with Gasteiger partial charge in [0.1, 0.15) is 0 Å². The van der Waals surface area contributed by atoms with Crippen LogP contribution in [-0.2, 0) is 9.59 Å². The first-order valence-corrected chi connectivity index (χ1v) is 9.85. The van der Waals surface area contributed by atoms with Crippen molar-refractivity contribution < 1.29 is 14.5 Å². The van der Waals surface area contributed by atoms with Crippen LogP contribution in [0.2, 0.25) is 5.02 Å². The Balaban J connectivity index is 1.88. The van der Waals surface area contributed by atoms with Crippen molar-refractivity contribution in [2.75, 3.05) is 4.90 Å². The lowest BCUT2D eigenvalue weighted by Crippen LogP contribution is -2.40. The minimum atomic E-state index is -0.471. The van der Waals surface area contributed by atoms with E-state index < -0.39 is 10.8 Å². The monoisotopic (exact) mass is 410 g/mol. The van der Waals surface area contributed by atoms with Gasteiger partial charge in [-0.1, -0.05) is 29.8 Å². The molecule has 2 aromatic carbocycles. The van der Waals surface area contributed by atoms with Crippen molar-refractivity contribution in [1.29, 1.82) is 0 Å². The van der Waals surface area contributed by atoms with E-state index in [-0.39, 0.29) is 23.8 Å². The predicted octanol–water partition coefficient (Wildman–Crippen LogP) is 5.08. The van der Waals surface area contributed by atoms with Crippen LogP contribution >= 0.6 is 11.6 Å². The van der Waals surface area contributed by atoms with Gasteiger partial charge in [0.2, 0.25) is 5.91 Å². The summed E-state index contributed by atoms with van der Waals surface area (Å²) in [6, 6.07) is 11.6. The molecular formula is C22H19ClN2O4. The number of ketones is 1. The molecule has 148 valence electrons. The molecule has 2 aliphatic rings. The number of halogens is 1. The largest absolute Gasteiger partial charge is 0.294 e. The Hall–Kier alpha value is -2.99.